The molecule has 0 atom stereocenters. The highest BCUT2D eigenvalue weighted by Gasteiger charge is 2.24. The van der Waals surface area contributed by atoms with Crippen molar-refractivity contribution in [2.45, 2.75) is 25.8 Å². The minimum Gasteiger partial charge on any atom is -0.348 e. The van der Waals surface area contributed by atoms with Crippen molar-refractivity contribution in [2.24, 2.45) is 0 Å². The number of aryl methyl sites for hydroxylation is 1. The van der Waals surface area contributed by atoms with Crippen LogP contribution >= 0.6 is 23.2 Å². The second-order valence-electron chi connectivity index (χ2n) is 4.54. The van der Waals surface area contributed by atoms with Crippen LogP contribution in [0.4, 0.5) is 0 Å². The van der Waals surface area contributed by atoms with Crippen molar-refractivity contribution in [3.8, 4) is 0 Å². The molecule has 0 bridgehead atoms. The lowest BCUT2D eigenvalue weighted by molar-refractivity contribution is -0.121. The summed E-state index contributed by atoms with van der Waals surface area (Å²) in [6, 6.07) is 7.88. The first-order valence-corrected chi connectivity index (χ1v) is 6.54. The summed E-state index contributed by atoms with van der Waals surface area (Å²) >= 11 is 11.6. The SMILES string of the molecule is Cc1cccc(CC(=O)NC(C)(CCl)CCl)c1. The van der Waals surface area contributed by atoms with Gasteiger partial charge in [0.2, 0.25) is 5.91 Å². The van der Waals surface area contributed by atoms with E-state index in [4.69, 9.17) is 23.2 Å². The Morgan fingerprint density at radius 1 is 1.35 bits per heavy atom. The maximum Gasteiger partial charge on any atom is 0.224 e. The van der Waals surface area contributed by atoms with E-state index in [1.807, 2.05) is 38.1 Å². The molecule has 0 aliphatic rings. The zero-order valence-electron chi connectivity index (χ0n) is 10.1. The maximum atomic E-state index is 11.8. The molecule has 1 aromatic rings. The van der Waals surface area contributed by atoms with Crippen LogP contribution in [0.25, 0.3) is 0 Å². The molecule has 17 heavy (non-hydrogen) atoms. The Labute approximate surface area is 112 Å². The van der Waals surface area contributed by atoms with Crippen LogP contribution in [-0.2, 0) is 11.2 Å². The zero-order chi connectivity index (χ0) is 12.9. The summed E-state index contributed by atoms with van der Waals surface area (Å²) in [4.78, 5) is 11.8. The summed E-state index contributed by atoms with van der Waals surface area (Å²) in [7, 11) is 0. The van der Waals surface area contributed by atoms with Gasteiger partial charge in [-0.3, -0.25) is 4.79 Å². The van der Waals surface area contributed by atoms with E-state index in [-0.39, 0.29) is 5.91 Å². The largest absolute Gasteiger partial charge is 0.348 e. The van der Waals surface area contributed by atoms with Gasteiger partial charge in [0.15, 0.2) is 0 Å². The Morgan fingerprint density at radius 3 is 2.53 bits per heavy atom. The highest BCUT2D eigenvalue weighted by Crippen LogP contribution is 2.10. The molecule has 0 saturated carbocycles. The number of rotatable bonds is 5. The molecule has 0 aliphatic carbocycles. The Morgan fingerprint density at radius 2 is 2.00 bits per heavy atom. The molecular formula is C13H17Cl2NO. The van der Waals surface area contributed by atoms with Crippen LogP contribution in [0.15, 0.2) is 24.3 Å². The predicted octanol–water partition coefficient (Wildman–Crippen LogP) is 2.89. The number of hydrogen-bond donors (Lipinski definition) is 1. The van der Waals surface area contributed by atoms with Crippen molar-refractivity contribution < 1.29 is 4.79 Å². The third-order valence-corrected chi connectivity index (χ3v) is 3.66. The lowest BCUT2D eigenvalue weighted by atomic mass is 10.1. The highest BCUT2D eigenvalue weighted by atomic mass is 35.5. The summed E-state index contributed by atoms with van der Waals surface area (Å²) in [6.45, 7) is 3.84. The van der Waals surface area contributed by atoms with Gasteiger partial charge in [-0.15, -0.1) is 23.2 Å². The van der Waals surface area contributed by atoms with Gasteiger partial charge in [-0.1, -0.05) is 29.8 Å². The lowest BCUT2D eigenvalue weighted by Crippen LogP contribution is -2.49. The molecule has 1 N–H and O–H groups in total. The lowest BCUT2D eigenvalue weighted by Gasteiger charge is -2.25. The summed E-state index contributed by atoms with van der Waals surface area (Å²) in [5.41, 5.74) is 1.60. The molecule has 94 valence electrons. The monoisotopic (exact) mass is 273 g/mol. The van der Waals surface area contributed by atoms with Gasteiger partial charge in [0.05, 0.1) is 12.0 Å². The minimum atomic E-state index is -0.538. The summed E-state index contributed by atoms with van der Waals surface area (Å²) in [5.74, 6) is 0.547. The van der Waals surface area contributed by atoms with E-state index in [2.05, 4.69) is 5.32 Å². The predicted molar refractivity (Wildman–Crippen MR) is 72.9 cm³/mol. The molecule has 1 aromatic carbocycles. The van der Waals surface area contributed by atoms with Crippen LogP contribution in [0.1, 0.15) is 18.1 Å². The van der Waals surface area contributed by atoms with Gasteiger partial charge >= 0.3 is 0 Å². The van der Waals surface area contributed by atoms with Crippen molar-refractivity contribution in [2.75, 3.05) is 11.8 Å². The molecule has 0 aromatic heterocycles. The topological polar surface area (TPSA) is 29.1 Å². The molecule has 0 saturated heterocycles. The van der Waals surface area contributed by atoms with Crippen molar-refractivity contribution in [3.05, 3.63) is 35.4 Å². The first-order valence-electron chi connectivity index (χ1n) is 5.47. The molecule has 0 radical (unpaired) electrons. The Bertz CT molecular complexity index is 389. The fourth-order valence-corrected chi connectivity index (χ4v) is 1.91. The van der Waals surface area contributed by atoms with E-state index in [0.29, 0.717) is 18.2 Å². The van der Waals surface area contributed by atoms with E-state index in [9.17, 15) is 4.79 Å². The number of benzene rings is 1. The molecule has 0 aliphatic heterocycles. The number of hydrogen-bond acceptors (Lipinski definition) is 1. The van der Waals surface area contributed by atoms with Crippen LogP contribution in [0.5, 0.6) is 0 Å². The number of carbonyl (C=O) groups excluding carboxylic acids is 1. The second-order valence-corrected chi connectivity index (χ2v) is 5.08. The van der Waals surface area contributed by atoms with Crippen LogP contribution < -0.4 is 5.32 Å². The van der Waals surface area contributed by atoms with Gasteiger partial charge in [0, 0.05) is 11.8 Å². The van der Waals surface area contributed by atoms with Crippen molar-refractivity contribution in [3.63, 3.8) is 0 Å². The van der Waals surface area contributed by atoms with E-state index < -0.39 is 5.54 Å². The van der Waals surface area contributed by atoms with Gasteiger partial charge < -0.3 is 5.32 Å². The van der Waals surface area contributed by atoms with Gasteiger partial charge in [-0.2, -0.15) is 0 Å². The van der Waals surface area contributed by atoms with E-state index in [0.717, 1.165) is 11.1 Å². The van der Waals surface area contributed by atoms with Gasteiger partial charge in [0.25, 0.3) is 0 Å². The third-order valence-electron chi connectivity index (χ3n) is 2.48. The molecule has 1 rings (SSSR count). The molecule has 1 amide bonds. The fraction of sp³-hybridized carbons (Fsp3) is 0.462. The smallest absolute Gasteiger partial charge is 0.224 e. The Kier molecular flexibility index (Phi) is 5.29. The Balaban J connectivity index is 2.61. The first-order chi connectivity index (χ1) is 7.99. The molecule has 0 unspecified atom stereocenters. The van der Waals surface area contributed by atoms with Crippen molar-refractivity contribution in [1.29, 1.82) is 0 Å². The highest BCUT2D eigenvalue weighted by molar-refractivity contribution is 6.22. The fourth-order valence-electron chi connectivity index (χ4n) is 1.49. The van der Waals surface area contributed by atoms with Gasteiger partial charge in [-0.05, 0) is 19.4 Å². The van der Waals surface area contributed by atoms with E-state index in [1.54, 1.807) is 0 Å². The summed E-state index contributed by atoms with van der Waals surface area (Å²) in [5, 5.41) is 2.86. The average Bonchev–Trinajstić information content (AvgIpc) is 2.28. The molecule has 0 fully saturated rings. The number of nitrogens with one attached hydrogen (secondary N) is 1. The van der Waals surface area contributed by atoms with Crippen LogP contribution in [0.3, 0.4) is 0 Å². The van der Waals surface area contributed by atoms with E-state index >= 15 is 0 Å². The number of carbonyl (C=O) groups is 1. The van der Waals surface area contributed by atoms with Crippen LogP contribution in [0, 0.1) is 6.92 Å². The van der Waals surface area contributed by atoms with Crippen LogP contribution in [0.2, 0.25) is 0 Å². The molecule has 2 nitrogen and oxygen atoms in total. The summed E-state index contributed by atoms with van der Waals surface area (Å²) in [6.07, 6.45) is 0.352. The standard InChI is InChI=1S/C13H17Cl2NO/c1-10-4-3-5-11(6-10)7-12(17)16-13(2,8-14)9-15/h3-6H,7-9H2,1-2H3,(H,16,17). The van der Waals surface area contributed by atoms with Crippen LogP contribution in [-0.4, -0.2) is 23.2 Å². The second kappa shape index (κ2) is 6.27. The van der Waals surface area contributed by atoms with Crippen molar-refractivity contribution in [1.82, 2.24) is 5.32 Å². The first kappa shape index (κ1) is 14.3. The summed E-state index contributed by atoms with van der Waals surface area (Å²) < 4.78 is 0. The van der Waals surface area contributed by atoms with Gasteiger partial charge in [-0.25, -0.2) is 0 Å². The quantitative estimate of drug-likeness (QED) is 0.822. The maximum absolute atomic E-state index is 11.8. The Hall–Kier alpha value is -0.730. The normalized spacial score (nSPS) is 11.3. The molecule has 0 heterocycles. The molecular weight excluding hydrogens is 257 g/mol. The van der Waals surface area contributed by atoms with Gasteiger partial charge in [0.1, 0.15) is 0 Å². The number of alkyl halides is 2. The third kappa shape index (κ3) is 4.57. The average molecular weight is 274 g/mol. The molecule has 0 spiro atoms. The number of halogens is 2. The van der Waals surface area contributed by atoms with E-state index in [1.165, 1.54) is 0 Å². The molecule has 4 heteroatoms. The number of amides is 1. The minimum absolute atomic E-state index is 0.0561. The van der Waals surface area contributed by atoms with Crippen molar-refractivity contribution >= 4 is 29.1 Å². The zero-order valence-corrected chi connectivity index (χ0v) is 11.6.